The SMILES string of the molecule is CCCCC[C@H]1C[C@@H](C[Si](c2ccccc2)(c2ccccc2)C(C)(C)C)O1. The maximum Gasteiger partial charge on any atom is 0.125 e. The molecular formula is C25H36OSi. The zero-order valence-electron chi connectivity index (χ0n) is 17.6. The van der Waals surface area contributed by atoms with Gasteiger partial charge in [0.15, 0.2) is 0 Å². The average Bonchev–Trinajstić information content (AvgIpc) is 2.63. The van der Waals surface area contributed by atoms with Gasteiger partial charge in [0, 0.05) is 0 Å². The Kier molecular flexibility index (Phi) is 6.59. The van der Waals surface area contributed by atoms with Crippen molar-refractivity contribution in [1.82, 2.24) is 0 Å². The first-order chi connectivity index (χ1) is 13.0. The lowest BCUT2D eigenvalue weighted by molar-refractivity contribution is -0.117. The summed E-state index contributed by atoms with van der Waals surface area (Å²) in [7, 11) is -1.97. The topological polar surface area (TPSA) is 9.23 Å². The van der Waals surface area contributed by atoms with Crippen LogP contribution in [0.5, 0.6) is 0 Å². The van der Waals surface area contributed by atoms with Crippen LogP contribution in [0.2, 0.25) is 11.1 Å². The molecule has 1 heterocycles. The third kappa shape index (κ3) is 4.38. The number of hydrogen-bond acceptors (Lipinski definition) is 1. The monoisotopic (exact) mass is 380 g/mol. The molecule has 0 bridgehead atoms. The molecule has 146 valence electrons. The van der Waals surface area contributed by atoms with E-state index >= 15 is 0 Å². The van der Waals surface area contributed by atoms with Crippen LogP contribution in [0, 0.1) is 0 Å². The molecule has 27 heavy (non-hydrogen) atoms. The Morgan fingerprint density at radius 2 is 1.37 bits per heavy atom. The van der Waals surface area contributed by atoms with E-state index in [9.17, 15) is 0 Å². The van der Waals surface area contributed by atoms with E-state index in [0.29, 0.717) is 12.2 Å². The number of rotatable bonds is 8. The Labute approximate surface area is 167 Å². The summed E-state index contributed by atoms with van der Waals surface area (Å²) in [5, 5.41) is 3.32. The second kappa shape index (κ2) is 8.75. The van der Waals surface area contributed by atoms with Gasteiger partial charge in [-0.2, -0.15) is 0 Å². The first-order valence-corrected chi connectivity index (χ1v) is 12.9. The number of hydrogen-bond donors (Lipinski definition) is 0. The van der Waals surface area contributed by atoms with Gasteiger partial charge in [0.25, 0.3) is 0 Å². The molecule has 3 rings (SSSR count). The van der Waals surface area contributed by atoms with Gasteiger partial charge in [-0.3, -0.25) is 0 Å². The van der Waals surface area contributed by atoms with Crippen molar-refractivity contribution < 1.29 is 4.74 Å². The molecule has 1 aliphatic heterocycles. The summed E-state index contributed by atoms with van der Waals surface area (Å²) in [6.45, 7) is 9.59. The molecule has 1 saturated heterocycles. The van der Waals surface area contributed by atoms with Gasteiger partial charge in [-0.05, 0) is 23.9 Å². The molecule has 0 N–H and O–H groups in total. The molecule has 0 aromatic heterocycles. The highest BCUT2D eigenvalue weighted by atomic mass is 28.3. The van der Waals surface area contributed by atoms with Gasteiger partial charge in [-0.1, -0.05) is 118 Å². The molecule has 0 spiro atoms. The van der Waals surface area contributed by atoms with Gasteiger partial charge in [0.1, 0.15) is 8.07 Å². The third-order valence-corrected chi connectivity index (χ3v) is 12.7. The van der Waals surface area contributed by atoms with Crippen molar-refractivity contribution in [1.29, 1.82) is 0 Å². The quantitative estimate of drug-likeness (QED) is 0.416. The fourth-order valence-corrected chi connectivity index (χ4v) is 10.5. The minimum atomic E-state index is -1.97. The van der Waals surface area contributed by atoms with E-state index in [2.05, 4.69) is 88.4 Å². The van der Waals surface area contributed by atoms with E-state index in [4.69, 9.17) is 4.74 Å². The van der Waals surface area contributed by atoms with E-state index in [-0.39, 0.29) is 5.04 Å². The molecule has 2 aromatic rings. The predicted octanol–water partition coefficient (Wildman–Crippen LogP) is 5.79. The summed E-state index contributed by atoms with van der Waals surface area (Å²) in [5.41, 5.74) is 0. The highest BCUT2D eigenvalue weighted by molar-refractivity contribution is 7.04. The average molecular weight is 381 g/mol. The highest BCUT2D eigenvalue weighted by Gasteiger charge is 2.50. The molecule has 1 nitrogen and oxygen atoms in total. The highest BCUT2D eigenvalue weighted by Crippen LogP contribution is 2.42. The fraction of sp³-hybridized carbons (Fsp3) is 0.520. The molecule has 1 aliphatic rings. The van der Waals surface area contributed by atoms with Crippen LogP contribution in [0.15, 0.2) is 60.7 Å². The van der Waals surface area contributed by atoms with E-state index in [1.54, 1.807) is 10.4 Å². The minimum Gasteiger partial charge on any atom is -0.375 e. The lowest BCUT2D eigenvalue weighted by atomic mass is 10.0. The van der Waals surface area contributed by atoms with Gasteiger partial charge in [0.2, 0.25) is 0 Å². The Bertz CT molecular complexity index is 644. The second-order valence-corrected chi connectivity index (χ2v) is 14.1. The molecule has 2 aromatic carbocycles. The molecule has 0 amide bonds. The van der Waals surface area contributed by atoms with Gasteiger partial charge in [0.05, 0.1) is 12.2 Å². The van der Waals surface area contributed by atoms with E-state index in [1.807, 2.05) is 0 Å². The molecule has 2 heteroatoms. The van der Waals surface area contributed by atoms with E-state index in [1.165, 1.54) is 38.1 Å². The zero-order chi connectivity index (χ0) is 19.3. The van der Waals surface area contributed by atoms with Crippen LogP contribution in [0.25, 0.3) is 0 Å². The molecule has 1 fully saturated rings. The number of ether oxygens (including phenoxy) is 1. The minimum absolute atomic E-state index is 0.229. The van der Waals surface area contributed by atoms with Crippen LogP contribution in [0.1, 0.15) is 59.8 Å². The van der Waals surface area contributed by atoms with Gasteiger partial charge < -0.3 is 4.74 Å². The molecule has 0 unspecified atom stereocenters. The summed E-state index contributed by atoms with van der Waals surface area (Å²) >= 11 is 0. The summed E-state index contributed by atoms with van der Waals surface area (Å²) < 4.78 is 6.41. The van der Waals surface area contributed by atoms with Crippen LogP contribution < -0.4 is 10.4 Å². The summed E-state index contributed by atoms with van der Waals surface area (Å²) in [4.78, 5) is 0. The Morgan fingerprint density at radius 1 is 0.852 bits per heavy atom. The Hall–Kier alpha value is -1.38. The van der Waals surface area contributed by atoms with Crippen LogP contribution in [-0.2, 0) is 4.74 Å². The van der Waals surface area contributed by atoms with Crippen molar-refractivity contribution in [2.24, 2.45) is 0 Å². The number of unbranched alkanes of at least 4 members (excludes halogenated alkanes) is 2. The largest absolute Gasteiger partial charge is 0.375 e. The summed E-state index contributed by atoms with van der Waals surface area (Å²) in [6, 6.07) is 23.8. The van der Waals surface area contributed by atoms with Gasteiger partial charge >= 0.3 is 0 Å². The van der Waals surface area contributed by atoms with Crippen molar-refractivity contribution in [2.45, 2.75) is 83.1 Å². The molecular weight excluding hydrogens is 344 g/mol. The molecule has 0 radical (unpaired) electrons. The standard InChI is InChI=1S/C25H36OSi/c1-5-6-9-14-21-19-22(26-21)20-27(25(2,3)4,23-15-10-7-11-16-23)24-17-12-8-13-18-24/h7-8,10-13,15-18,21-22H,5-6,9,14,19-20H2,1-4H3/t21-,22-/m0/s1. The fourth-order valence-electron chi connectivity index (χ4n) is 4.86. The first-order valence-electron chi connectivity index (χ1n) is 10.7. The molecule has 0 aliphatic carbocycles. The van der Waals surface area contributed by atoms with E-state index in [0.717, 1.165) is 0 Å². The van der Waals surface area contributed by atoms with Crippen molar-refractivity contribution >= 4 is 18.4 Å². The van der Waals surface area contributed by atoms with E-state index < -0.39 is 8.07 Å². The Balaban J connectivity index is 1.87. The Morgan fingerprint density at radius 3 is 1.81 bits per heavy atom. The third-order valence-electron chi connectivity index (χ3n) is 6.39. The van der Waals surface area contributed by atoms with Crippen molar-refractivity contribution in [3.63, 3.8) is 0 Å². The predicted molar refractivity (Wildman–Crippen MR) is 120 cm³/mol. The van der Waals surface area contributed by atoms with Gasteiger partial charge in [-0.15, -0.1) is 0 Å². The van der Waals surface area contributed by atoms with Crippen LogP contribution in [0.4, 0.5) is 0 Å². The lowest BCUT2D eigenvalue weighted by Gasteiger charge is -2.49. The molecule has 0 saturated carbocycles. The summed E-state index contributed by atoms with van der Waals surface area (Å²) in [5.74, 6) is 0. The zero-order valence-corrected chi connectivity index (χ0v) is 18.6. The van der Waals surface area contributed by atoms with Gasteiger partial charge in [-0.25, -0.2) is 0 Å². The normalized spacial score (nSPS) is 20.3. The summed E-state index contributed by atoms with van der Waals surface area (Å²) in [6.07, 6.45) is 7.34. The smallest absolute Gasteiger partial charge is 0.125 e. The maximum absolute atomic E-state index is 6.41. The van der Waals surface area contributed by atoms with Crippen LogP contribution in [-0.4, -0.2) is 20.3 Å². The number of benzene rings is 2. The van der Waals surface area contributed by atoms with Crippen molar-refractivity contribution in [2.75, 3.05) is 0 Å². The molecule has 2 atom stereocenters. The second-order valence-electron chi connectivity index (χ2n) is 9.20. The lowest BCUT2D eigenvalue weighted by Crippen LogP contribution is -2.66. The van der Waals surface area contributed by atoms with Crippen molar-refractivity contribution in [3.05, 3.63) is 60.7 Å². The maximum atomic E-state index is 6.41. The van der Waals surface area contributed by atoms with Crippen LogP contribution in [0.3, 0.4) is 0 Å². The van der Waals surface area contributed by atoms with Crippen LogP contribution >= 0.6 is 0 Å². The first kappa shape index (κ1) is 20.4. The van der Waals surface area contributed by atoms with Crippen molar-refractivity contribution in [3.8, 4) is 0 Å².